The van der Waals surface area contributed by atoms with Crippen LogP contribution in [0.1, 0.15) is 10.4 Å². The first kappa shape index (κ1) is 9.68. The van der Waals surface area contributed by atoms with E-state index in [4.69, 9.17) is 5.26 Å². The predicted molar refractivity (Wildman–Crippen MR) is 51.9 cm³/mol. The third-order valence-electron chi connectivity index (χ3n) is 2.40. The quantitative estimate of drug-likeness (QED) is 0.638. The standard InChI is InChI=1S/C9H11N5O/c10-3-8-6-11-1-2-14(8)9(15)7-4-12-13-5-7/h4-5,8,11H,1-2,6H2,(H,12,13). The van der Waals surface area contributed by atoms with E-state index < -0.39 is 0 Å². The Bertz CT molecular complexity index is 380. The predicted octanol–water partition coefficient (Wildman–Crippen LogP) is -0.653. The van der Waals surface area contributed by atoms with E-state index in [2.05, 4.69) is 21.6 Å². The second-order valence-electron chi connectivity index (χ2n) is 3.33. The molecule has 2 heterocycles. The van der Waals surface area contributed by atoms with Crippen LogP contribution in [0, 0.1) is 11.3 Å². The van der Waals surface area contributed by atoms with Crippen LogP contribution in [-0.4, -0.2) is 46.7 Å². The average molecular weight is 205 g/mol. The topological polar surface area (TPSA) is 84.8 Å². The van der Waals surface area contributed by atoms with Gasteiger partial charge in [0.15, 0.2) is 0 Å². The molecule has 1 aliphatic heterocycles. The molecule has 1 aromatic heterocycles. The van der Waals surface area contributed by atoms with Crippen LogP contribution in [0.4, 0.5) is 0 Å². The molecule has 2 N–H and O–H groups in total. The Labute approximate surface area is 86.9 Å². The zero-order chi connectivity index (χ0) is 10.7. The Morgan fingerprint density at radius 3 is 3.27 bits per heavy atom. The van der Waals surface area contributed by atoms with Gasteiger partial charge < -0.3 is 10.2 Å². The minimum atomic E-state index is -0.388. The average Bonchev–Trinajstić information content (AvgIpc) is 2.81. The number of rotatable bonds is 1. The largest absolute Gasteiger partial charge is 0.320 e. The molecule has 6 heteroatoms. The first-order valence-corrected chi connectivity index (χ1v) is 4.73. The van der Waals surface area contributed by atoms with E-state index >= 15 is 0 Å². The van der Waals surface area contributed by atoms with Gasteiger partial charge in [-0.05, 0) is 0 Å². The number of nitriles is 1. The van der Waals surface area contributed by atoms with Gasteiger partial charge in [0.05, 0.1) is 17.8 Å². The summed E-state index contributed by atoms with van der Waals surface area (Å²) in [6.45, 7) is 1.81. The zero-order valence-electron chi connectivity index (χ0n) is 8.10. The molecule has 0 aromatic carbocycles. The summed E-state index contributed by atoms with van der Waals surface area (Å²) in [6, 6.07) is 1.72. The van der Waals surface area contributed by atoms with Gasteiger partial charge in [-0.15, -0.1) is 0 Å². The van der Waals surface area contributed by atoms with Gasteiger partial charge in [-0.25, -0.2) is 0 Å². The Morgan fingerprint density at radius 1 is 1.73 bits per heavy atom. The van der Waals surface area contributed by atoms with Crippen molar-refractivity contribution in [3.8, 4) is 6.07 Å². The number of amides is 1. The second kappa shape index (κ2) is 4.11. The Hall–Kier alpha value is -1.87. The highest BCUT2D eigenvalue weighted by atomic mass is 16.2. The van der Waals surface area contributed by atoms with Gasteiger partial charge in [0, 0.05) is 25.8 Å². The lowest BCUT2D eigenvalue weighted by molar-refractivity contribution is 0.0687. The van der Waals surface area contributed by atoms with Gasteiger partial charge in [0.1, 0.15) is 6.04 Å². The zero-order valence-corrected chi connectivity index (χ0v) is 8.10. The molecule has 1 saturated heterocycles. The van der Waals surface area contributed by atoms with Crippen LogP contribution >= 0.6 is 0 Å². The highest BCUT2D eigenvalue weighted by Gasteiger charge is 2.27. The third-order valence-corrected chi connectivity index (χ3v) is 2.40. The smallest absolute Gasteiger partial charge is 0.258 e. The van der Waals surface area contributed by atoms with E-state index in [1.165, 1.54) is 6.20 Å². The van der Waals surface area contributed by atoms with E-state index in [9.17, 15) is 4.79 Å². The molecule has 1 unspecified atom stereocenters. The molecule has 0 spiro atoms. The van der Waals surface area contributed by atoms with Crippen molar-refractivity contribution in [3.05, 3.63) is 18.0 Å². The second-order valence-corrected chi connectivity index (χ2v) is 3.33. The summed E-state index contributed by atoms with van der Waals surface area (Å²) in [5, 5.41) is 18.3. The normalized spacial score (nSPS) is 21.0. The van der Waals surface area contributed by atoms with Crippen molar-refractivity contribution in [2.75, 3.05) is 19.6 Å². The molecule has 0 bridgehead atoms. The number of piperazine rings is 1. The van der Waals surface area contributed by atoms with Crippen molar-refractivity contribution in [2.24, 2.45) is 0 Å². The highest BCUT2D eigenvalue weighted by molar-refractivity contribution is 5.94. The molecule has 1 amide bonds. The summed E-state index contributed by atoms with van der Waals surface area (Å²) in [7, 11) is 0. The lowest BCUT2D eigenvalue weighted by Crippen LogP contribution is -2.52. The molecule has 78 valence electrons. The van der Waals surface area contributed by atoms with E-state index in [0.717, 1.165) is 6.54 Å². The minimum Gasteiger partial charge on any atom is -0.320 e. The number of nitrogens with one attached hydrogen (secondary N) is 2. The maximum atomic E-state index is 11.9. The number of hydrogen-bond donors (Lipinski definition) is 2. The van der Waals surface area contributed by atoms with Crippen LogP contribution in [0.2, 0.25) is 0 Å². The summed E-state index contributed by atoms with van der Waals surface area (Å²) in [4.78, 5) is 13.5. The first-order valence-electron chi connectivity index (χ1n) is 4.73. The third kappa shape index (κ3) is 1.82. The van der Waals surface area contributed by atoms with E-state index in [-0.39, 0.29) is 11.9 Å². The molecule has 6 nitrogen and oxygen atoms in total. The van der Waals surface area contributed by atoms with Gasteiger partial charge in [0.2, 0.25) is 0 Å². The molecular weight excluding hydrogens is 194 g/mol. The van der Waals surface area contributed by atoms with E-state index in [0.29, 0.717) is 18.7 Å². The minimum absolute atomic E-state index is 0.142. The molecule has 1 atom stereocenters. The van der Waals surface area contributed by atoms with Gasteiger partial charge in [-0.1, -0.05) is 0 Å². The fourth-order valence-electron chi connectivity index (χ4n) is 1.60. The summed E-state index contributed by atoms with van der Waals surface area (Å²) in [6.07, 6.45) is 3.01. The number of carbonyl (C=O) groups excluding carboxylic acids is 1. The Kier molecular flexibility index (Phi) is 2.65. The monoisotopic (exact) mass is 205 g/mol. The lowest BCUT2D eigenvalue weighted by Gasteiger charge is -2.31. The van der Waals surface area contributed by atoms with Gasteiger partial charge in [-0.2, -0.15) is 10.4 Å². The Morgan fingerprint density at radius 2 is 2.60 bits per heavy atom. The van der Waals surface area contributed by atoms with Crippen LogP contribution in [0.15, 0.2) is 12.4 Å². The molecular formula is C9H11N5O. The van der Waals surface area contributed by atoms with Crippen LogP contribution in [0.3, 0.4) is 0 Å². The summed E-state index contributed by atoms with van der Waals surface area (Å²) < 4.78 is 0. The van der Waals surface area contributed by atoms with Crippen LogP contribution in [-0.2, 0) is 0 Å². The molecule has 0 saturated carbocycles. The fraction of sp³-hybridized carbons (Fsp3) is 0.444. The van der Waals surface area contributed by atoms with Crippen LogP contribution < -0.4 is 5.32 Å². The van der Waals surface area contributed by atoms with Crippen molar-refractivity contribution in [1.29, 1.82) is 5.26 Å². The number of hydrogen-bond acceptors (Lipinski definition) is 4. The van der Waals surface area contributed by atoms with Crippen molar-refractivity contribution >= 4 is 5.91 Å². The van der Waals surface area contributed by atoms with Gasteiger partial charge >= 0.3 is 0 Å². The van der Waals surface area contributed by atoms with Crippen molar-refractivity contribution in [3.63, 3.8) is 0 Å². The maximum Gasteiger partial charge on any atom is 0.258 e. The maximum absolute atomic E-state index is 11.9. The molecule has 0 radical (unpaired) electrons. The fourth-order valence-corrected chi connectivity index (χ4v) is 1.60. The number of aromatic amines is 1. The van der Waals surface area contributed by atoms with Crippen molar-refractivity contribution < 1.29 is 4.79 Å². The summed E-state index contributed by atoms with van der Waals surface area (Å²) in [5.74, 6) is -0.142. The van der Waals surface area contributed by atoms with Gasteiger partial charge in [-0.3, -0.25) is 9.89 Å². The molecule has 15 heavy (non-hydrogen) atoms. The van der Waals surface area contributed by atoms with Crippen LogP contribution in [0.5, 0.6) is 0 Å². The highest BCUT2D eigenvalue weighted by Crippen LogP contribution is 2.08. The summed E-state index contributed by atoms with van der Waals surface area (Å²) in [5.41, 5.74) is 0.497. The molecule has 1 fully saturated rings. The molecule has 2 rings (SSSR count). The lowest BCUT2D eigenvalue weighted by atomic mass is 10.2. The van der Waals surface area contributed by atoms with Crippen molar-refractivity contribution in [2.45, 2.75) is 6.04 Å². The molecule has 1 aliphatic rings. The number of nitrogens with zero attached hydrogens (tertiary/aromatic N) is 3. The van der Waals surface area contributed by atoms with E-state index in [1.807, 2.05) is 0 Å². The number of carbonyl (C=O) groups is 1. The first-order chi connectivity index (χ1) is 7.33. The molecule has 0 aliphatic carbocycles. The number of aromatic nitrogens is 2. The Balaban J connectivity index is 2.15. The van der Waals surface area contributed by atoms with E-state index in [1.54, 1.807) is 11.1 Å². The van der Waals surface area contributed by atoms with Crippen LogP contribution in [0.25, 0.3) is 0 Å². The van der Waals surface area contributed by atoms with Gasteiger partial charge in [0.25, 0.3) is 5.91 Å². The summed E-state index contributed by atoms with van der Waals surface area (Å²) >= 11 is 0. The molecule has 1 aromatic rings. The number of H-pyrrole nitrogens is 1. The van der Waals surface area contributed by atoms with Crippen molar-refractivity contribution in [1.82, 2.24) is 20.4 Å². The SMILES string of the molecule is N#CC1CNCCN1C(=O)c1cn[nH]c1.